The van der Waals surface area contributed by atoms with Crippen LogP contribution in [0, 0.1) is 5.82 Å². The van der Waals surface area contributed by atoms with Gasteiger partial charge in [0.2, 0.25) is 0 Å². The molecule has 0 saturated heterocycles. The van der Waals surface area contributed by atoms with Crippen LogP contribution in [0.15, 0.2) is 65.4 Å². The molecule has 24 heavy (non-hydrogen) atoms. The summed E-state index contributed by atoms with van der Waals surface area (Å²) >= 11 is 0. The Bertz CT molecular complexity index is 862. The second kappa shape index (κ2) is 5.81. The first-order chi connectivity index (χ1) is 11.7. The molecule has 0 saturated carbocycles. The summed E-state index contributed by atoms with van der Waals surface area (Å²) in [5.74, 6) is 0.255. The van der Waals surface area contributed by atoms with Crippen LogP contribution in [-0.2, 0) is 6.54 Å². The SMILES string of the molecule is O=C1c2cccnc2[C@H](Nc2ccc(F)cc2)N1Cc1ccco1. The lowest BCUT2D eigenvalue weighted by molar-refractivity contribution is 0.0714. The maximum absolute atomic E-state index is 13.1. The highest BCUT2D eigenvalue weighted by molar-refractivity contribution is 5.98. The number of carbonyl (C=O) groups is 1. The Labute approximate surface area is 137 Å². The number of nitrogens with zero attached hydrogens (tertiary/aromatic N) is 2. The zero-order valence-electron chi connectivity index (χ0n) is 12.6. The summed E-state index contributed by atoms with van der Waals surface area (Å²) in [6.45, 7) is 0.320. The molecule has 2 aromatic heterocycles. The maximum atomic E-state index is 13.1. The van der Waals surface area contributed by atoms with E-state index in [2.05, 4.69) is 10.3 Å². The molecule has 5 nitrogen and oxygen atoms in total. The Morgan fingerprint density at radius 1 is 1.17 bits per heavy atom. The molecule has 120 valence electrons. The molecule has 0 spiro atoms. The summed E-state index contributed by atoms with van der Waals surface area (Å²) in [7, 11) is 0. The predicted octanol–water partition coefficient (Wildman–Crippen LogP) is 3.58. The lowest BCUT2D eigenvalue weighted by atomic mass is 10.2. The molecule has 0 bridgehead atoms. The normalized spacial score (nSPS) is 16.3. The Kier molecular flexibility index (Phi) is 3.49. The van der Waals surface area contributed by atoms with Crippen LogP contribution in [0.1, 0.15) is 28.0 Å². The van der Waals surface area contributed by atoms with Crippen molar-refractivity contribution in [1.29, 1.82) is 0 Å². The van der Waals surface area contributed by atoms with Crippen LogP contribution in [0.2, 0.25) is 0 Å². The van der Waals surface area contributed by atoms with Crippen molar-refractivity contribution in [3.05, 3.63) is 83.8 Å². The largest absolute Gasteiger partial charge is 0.467 e. The van der Waals surface area contributed by atoms with Gasteiger partial charge in [0, 0.05) is 11.9 Å². The third-order valence-electron chi connectivity index (χ3n) is 3.95. The third kappa shape index (κ3) is 2.52. The fraction of sp³-hybridized carbons (Fsp3) is 0.111. The molecule has 1 aliphatic rings. The van der Waals surface area contributed by atoms with Gasteiger partial charge in [-0.1, -0.05) is 0 Å². The van der Waals surface area contributed by atoms with E-state index in [0.717, 1.165) is 0 Å². The molecular weight excluding hydrogens is 309 g/mol. The molecule has 3 heterocycles. The van der Waals surface area contributed by atoms with Gasteiger partial charge in [-0.05, 0) is 48.5 Å². The zero-order chi connectivity index (χ0) is 16.5. The summed E-state index contributed by atoms with van der Waals surface area (Å²) in [4.78, 5) is 18.7. The van der Waals surface area contributed by atoms with Crippen molar-refractivity contribution in [1.82, 2.24) is 9.88 Å². The van der Waals surface area contributed by atoms with Gasteiger partial charge in [-0.25, -0.2) is 4.39 Å². The number of rotatable bonds is 4. The summed E-state index contributed by atoms with van der Waals surface area (Å²) in [5.41, 5.74) is 1.92. The van der Waals surface area contributed by atoms with Crippen molar-refractivity contribution >= 4 is 11.6 Å². The van der Waals surface area contributed by atoms with Gasteiger partial charge in [0.1, 0.15) is 17.7 Å². The highest BCUT2D eigenvalue weighted by Crippen LogP contribution is 2.34. The van der Waals surface area contributed by atoms with E-state index < -0.39 is 6.17 Å². The van der Waals surface area contributed by atoms with Crippen molar-refractivity contribution in [3.63, 3.8) is 0 Å². The average Bonchev–Trinajstić information content (AvgIpc) is 3.20. The molecular formula is C18H14FN3O2. The van der Waals surface area contributed by atoms with Gasteiger partial charge in [-0.15, -0.1) is 0 Å². The number of hydrogen-bond acceptors (Lipinski definition) is 4. The van der Waals surface area contributed by atoms with Crippen LogP contribution in [0.4, 0.5) is 10.1 Å². The first-order valence-electron chi connectivity index (χ1n) is 7.53. The number of fused-ring (bicyclic) bond motifs is 1. The van der Waals surface area contributed by atoms with Crippen LogP contribution < -0.4 is 5.32 Å². The fourth-order valence-electron chi connectivity index (χ4n) is 2.82. The Morgan fingerprint density at radius 3 is 2.75 bits per heavy atom. The molecule has 0 radical (unpaired) electrons. The van der Waals surface area contributed by atoms with Crippen LogP contribution in [0.3, 0.4) is 0 Å². The minimum absolute atomic E-state index is 0.117. The molecule has 1 N–H and O–H groups in total. The Hall–Kier alpha value is -3.15. The van der Waals surface area contributed by atoms with Gasteiger partial charge in [-0.3, -0.25) is 9.78 Å². The number of nitrogens with one attached hydrogen (secondary N) is 1. The lowest BCUT2D eigenvalue weighted by Crippen LogP contribution is -2.31. The average molecular weight is 323 g/mol. The molecule has 0 aliphatic carbocycles. The standard InChI is InChI=1S/C18H14FN3O2/c19-12-5-7-13(8-6-12)21-17-16-15(4-1-9-20-16)18(23)22(17)11-14-3-2-10-24-14/h1-10,17,21H,11H2/t17-/m1/s1. The van der Waals surface area contributed by atoms with E-state index in [-0.39, 0.29) is 11.7 Å². The Morgan fingerprint density at radius 2 is 2.00 bits per heavy atom. The molecule has 0 fully saturated rings. The smallest absolute Gasteiger partial charge is 0.258 e. The number of furan rings is 1. The first-order valence-corrected chi connectivity index (χ1v) is 7.53. The predicted molar refractivity (Wildman–Crippen MR) is 85.6 cm³/mol. The topological polar surface area (TPSA) is 58.4 Å². The summed E-state index contributed by atoms with van der Waals surface area (Å²) in [6, 6.07) is 13.1. The molecule has 1 aliphatic heterocycles. The van der Waals surface area contributed by atoms with E-state index in [1.807, 2.05) is 6.07 Å². The fourth-order valence-corrected chi connectivity index (χ4v) is 2.82. The zero-order valence-corrected chi connectivity index (χ0v) is 12.6. The molecule has 0 unspecified atom stereocenters. The van der Waals surface area contributed by atoms with Crippen LogP contribution in [0.25, 0.3) is 0 Å². The number of amides is 1. The minimum Gasteiger partial charge on any atom is -0.467 e. The number of pyridine rings is 1. The van der Waals surface area contributed by atoms with Crippen molar-refractivity contribution in [2.24, 2.45) is 0 Å². The monoisotopic (exact) mass is 323 g/mol. The van der Waals surface area contributed by atoms with Crippen molar-refractivity contribution in [2.45, 2.75) is 12.7 Å². The van der Waals surface area contributed by atoms with Crippen molar-refractivity contribution in [2.75, 3.05) is 5.32 Å². The van der Waals surface area contributed by atoms with Gasteiger partial charge in [0.25, 0.3) is 5.91 Å². The van der Waals surface area contributed by atoms with Gasteiger partial charge in [-0.2, -0.15) is 0 Å². The number of hydrogen-bond donors (Lipinski definition) is 1. The Balaban J connectivity index is 1.68. The molecule has 1 aromatic carbocycles. The second-order valence-electron chi connectivity index (χ2n) is 5.50. The van der Waals surface area contributed by atoms with Gasteiger partial charge in [0.05, 0.1) is 24.1 Å². The van der Waals surface area contributed by atoms with Gasteiger partial charge >= 0.3 is 0 Å². The highest BCUT2D eigenvalue weighted by atomic mass is 19.1. The molecule has 1 atom stereocenters. The van der Waals surface area contributed by atoms with Crippen molar-refractivity contribution < 1.29 is 13.6 Å². The van der Waals surface area contributed by atoms with Crippen LogP contribution in [0.5, 0.6) is 0 Å². The van der Waals surface area contributed by atoms with Crippen LogP contribution >= 0.6 is 0 Å². The van der Waals surface area contributed by atoms with Crippen molar-refractivity contribution in [3.8, 4) is 0 Å². The molecule has 4 rings (SSSR count). The number of benzene rings is 1. The highest BCUT2D eigenvalue weighted by Gasteiger charge is 2.38. The molecule has 3 aromatic rings. The molecule has 6 heteroatoms. The van der Waals surface area contributed by atoms with E-state index in [9.17, 15) is 9.18 Å². The second-order valence-corrected chi connectivity index (χ2v) is 5.50. The maximum Gasteiger partial charge on any atom is 0.258 e. The van der Waals surface area contributed by atoms with E-state index in [1.165, 1.54) is 12.1 Å². The summed E-state index contributed by atoms with van der Waals surface area (Å²) in [5, 5.41) is 3.25. The van der Waals surface area contributed by atoms with Gasteiger partial charge in [0.15, 0.2) is 0 Å². The number of aromatic nitrogens is 1. The number of carbonyl (C=O) groups excluding carboxylic acids is 1. The van der Waals surface area contributed by atoms with E-state index >= 15 is 0 Å². The van der Waals surface area contributed by atoms with Gasteiger partial charge < -0.3 is 14.6 Å². The summed E-state index contributed by atoms with van der Waals surface area (Å²) in [6.07, 6.45) is 2.79. The lowest BCUT2D eigenvalue weighted by Gasteiger charge is -2.25. The van der Waals surface area contributed by atoms with E-state index in [1.54, 1.807) is 47.7 Å². The first kappa shape index (κ1) is 14.4. The quantitative estimate of drug-likeness (QED) is 0.797. The number of anilines is 1. The van der Waals surface area contributed by atoms with E-state index in [4.69, 9.17) is 4.42 Å². The van der Waals surface area contributed by atoms with E-state index in [0.29, 0.717) is 29.2 Å². The number of halogens is 1. The third-order valence-corrected chi connectivity index (χ3v) is 3.95. The summed E-state index contributed by atoms with van der Waals surface area (Å²) < 4.78 is 18.5. The molecule has 1 amide bonds. The van der Waals surface area contributed by atoms with Crippen LogP contribution in [-0.4, -0.2) is 15.8 Å². The minimum atomic E-state index is -0.440.